The lowest BCUT2D eigenvalue weighted by molar-refractivity contribution is -0.145. The number of carbonyl (C=O) groups excluding carboxylic acids is 2. The molecule has 3 nitrogen and oxygen atoms in total. The van der Waals surface area contributed by atoms with Gasteiger partial charge in [-0.1, -0.05) is 0 Å². The van der Waals surface area contributed by atoms with Gasteiger partial charge in [-0.15, -0.1) is 0 Å². The number of carbonyl (C=O) groups is 2. The standard InChI is InChI=1S/C10H15NO2/c1-6(2)11-7(12)9(3)5-10(9,4)8(11)13/h6H,5H2,1-4H3/t9-,10+. The Balaban J connectivity index is 2.40. The summed E-state index contributed by atoms with van der Waals surface area (Å²) in [5.74, 6) is 0.0463. The normalized spacial score (nSPS) is 43.0. The smallest absolute Gasteiger partial charge is 0.236 e. The number of piperidine rings is 1. The molecule has 1 aliphatic heterocycles. The molecule has 1 heterocycles. The lowest BCUT2D eigenvalue weighted by atomic mass is 10.00. The molecular weight excluding hydrogens is 166 g/mol. The molecule has 13 heavy (non-hydrogen) atoms. The summed E-state index contributed by atoms with van der Waals surface area (Å²) in [5.41, 5.74) is -0.761. The van der Waals surface area contributed by atoms with Gasteiger partial charge < -0.3 is 0 Å². The van der Waals surface area contributed by atoms with Gasteiger partial charge in [0, 0.05) is 6.04 Å². The number of hydrogen-bond acceptors (Lipinski definition) is 2. The number of imide groups is 1. The Hall–Kier alpha value is -0.860. The molecular formula is C10H15NO2. The predicted molar refractivity (Wildman–Crippen MR) is 47.8 cm³/mol. The molecule has 1 saturated carbocycles. The number of amides is 2. The second-order valence-electron chi connectivity index (χ2n) is 4.92. The van der Waals surface area contributed by atoms with Gasteiger partial charge in [-0.05, 0) is 34.1 Å². The van der Waals surface area contributed by atoms with Gasteiger partial charge in [-0.3, -0.25) is 14.5 Å². The van der Waals surface area contributed by atoms with Gasteiger partial charge in [0.1, 0.15) is 0 Å². The van der Waals surface area contributed by atoms with E-state index in [1.54, 1.807) is 0 Å². The number of nitrogens with zero attached hydrogens (tertiary/aromatic N) is 1. The van der Waals surface area contributed by atoms with E-state index in [1.807, 2.05) is 27.7 Å². The molecule has 0 aromatic carbocycles. The fourth-order valence-electron chi connectivity index (χ4n) is 2.38. The quantitative estimate of drug-likeness (QED) is 0.570. The number of rotatable bonds is 1. The molecule has 0 bridgehead atoms. The highest BCUT2D eigenvalue weighted by Gasteiger charge is 2.77. The van der Waals surface area contributed by atoms with Crippen molar-refractivity contribution in [2.45, 2.75) is 40.2 Å². The van der Waals surface area contributed by atoms with Crippen LogP contribution in [0.5, 0.6) is 0 Å². The molecule has 2 fully saturated rings. The van der Waals surface area contributed by atoms with Crippen LogP contribution in [0.1, 0.15) is 34.1 Å². The van der Waals surface area contributed by atoms with Crippen molar-refractivity contribution in [3.05, 3.63) is 0 Å². The van der Waals surface area contributed by atoms with E-state index in [9.17, 15) is 9.59 Å². The minimum absolute atomic E-state index is 0.00134. The summed E-state index contributed by atoms with van der Waals surface area (Å²) in [4.78, 5) is 25.1. The molecule has 0 aromatic heterocycles. The zero-order valence-electron chi connectivity index (χ0n) is 8.55. The molecule has 0 N–H and O–H groups in total. The van der Waals surface area contributed by atoms with Crippen LogP contribution in [-0.4, -0.2) is 22.8 Å². The Morgan fingerprint density at radius 1 is 1.15 bits per heavy atom. The third-order valence-corrected chi connectivity index (χ3v) is 3.70. The molecule has 0 unspecified atom stereocenters. The van der Waals surface area contributed by atoms with Crippen LogP contribution >= 0.6 is 0 Å². The monoisotopic (exact) mass is 181 g/mol. The van der Waals surface area contributed by atoms with E-state index in [4.69, 9.17) is 0 Å². The first-order chi connectivity index (χ1) is 5.84. The van der Waals surface area contributed by atoms with Crippen LogP contribution < -0.4 is 0 Å². The van der Waals surface area contributed by atoms with Crippen LogP contribution in [-0.2, 0) is 9.59 Å². The Labute approximate surface area is 78.1 Å². The van der Waals surface area contributed by atoms with Crippen molar-refractivity contribution in [1.82, 2.24) is 4.90 Å². The number of likely N-dealkylation sites (tertiary alicyclic amines) is 1. The van der Waals surface area contributed by atoms with Gasteiger partial charge in [-0.25, -0.2) is 0 Å². The third kappa shape index (κ3) is 0.713. The molecule has 2 atom stereocenters. The summed E-state index contributed by atoms with van der Waals surface area (Å²) >= 11 is 0. The average Bonchev–Trinajstić information content (AvgIpc) is 2.52. The largest absolute Gasteiger partial charge is 0.279 e. The fraction of sp³-hybridized carbons (Fsp3) is 0.800. The maximum absolute atomic E-state index is 11.8. The van der Waals surface area contributed by atoms with Crippen molar-refractivity contribution >= 4 is 11.8 Å². The maximum atomic E-state index is 11.8. The SMILES string of the molecule is CC(C)N1C(=O)[C@]2(C)C[C@]2(C)C1=O. The van der Waals surface area contributed by atoms with E-state index in [2.05, 4.69) is 0 Å². The van der Waals surface area contributed by atoms with Crippen LogP contribution in [0.2, 0.25) is 0 Å². The number of hydrogen-bond donors (Lipinski definition) is 0. The van der Waals surface area contributed by atoms with Crippen LogP contribution in [0.25, 0.3) is 0 Å². The first-order valence-corrected chi connectivity index (χ1v) is 4.73. The molecule has 2 rings (SSSR count). The summed E-state index contributed by atoms with van der Waals surface area (Å²) in [7, 11) is 0. The van der Waals surface area contributed by atoms with Gasteiger partial charge >= 0.3 is 0 Å². The maximum Gasteiger partial charge on any atom is 0.236 e. The second kappa shape index (κ2) is 1.97. The lowest BCUT2D eigenvalue weighted by Gasteiger charge is -2.22. The predicted octanol–water partition coefficient (Wildman–Crippen LogP) is 1.18. The molecule has 0 radical (unpaired) electrons. The zero-order chi connectivity index (χ0) is 10.0. The van der Waals surface area contributed by atoms with Gasteiger partial charge in [0.05, 0.1) is 10.8 Å². The van der Waals surface area contributed by atoms with Crippen molar-refractivity contribution in [1.29, 1.82) is 0 Å². The Kier molecular flexibility index (Phi) is 1.32. The van der Waals surface area contributed by atoms with Gasteiger partial charge in [0.15, 0.2) is 0 Å². The fourth-order valence-corrected chi connectivity index (χ4v) is 2.38. The molecule has 0 spiro atoms. The third-order valence-electron chi connectivity index (χ3n) is 3.70. The summed E-state index contributed by atoms with van der Waals surface area (Å²) in [6.07, 6.45) is 0.737. The first-order valence-electron chi connectivity index (χ1n) is 4.73. The summed E-state index contributed by atoms with van der Waals surface area (Å²) in [6.45, 7) is 7.56. The molecule has 2 aliphatic rings. The van der Waals surface area contributed by atoms with Crippen LogP contribution in [0.4, 0.5) is 0 Å². The van der Waals surface area contributed by atoms with E-state index in [1.165, 1.54) is 4.90 Å². The average molecular weight is 181 g/mol. The van der Waals surface area contributed by atoms with E-state index in [-0.39, 0.29) is 28.7 Å². The zero-order valence-corrected chi connectivity index (χ0v) is 8.55. The minimum atomic E-state index is -0.381. The van der Waals surface area contributed by atoms with Gasteiger partial charge in [0.2, 0.25) is 11.8 Å². The van der Waals surface area contributed by atoms with E-state index < -0.39 is 0 Å². The Morgan fingerprint density at radius 2 is 1.54 bits per heavy atom. The highest BCUT2D eigenvalue weighted by atomic mass is 16.2. The summed E-state index contributed by atoms with van der Waals surface area (Å²) in [5, 5.41) is 0. The number of fused-ring (bicyclic) bond motifs is 1. The molecule has 2 amide bonds. The highest BCUT2D eigenvalue weighted by Crippen LogP contribution is 2.69. The molecule has 1 aliphatic carbocycles. The van der Waals surface area contributed by atoms with E-state index in [0.717, 1.165) is 6.42 Å². The summed E-state index contributed by atoms with van der Waals surface area (Å²) < 4.78 is 0. The summed E-state index contributed by atoms with van der Waals surface area (Å²) in [6, 6.07) is 0.00134. The molecule has 3 heteroatoms. The van der Waals surface area contributed by atoms with Gasteiger partial charge in [-0.2, -0.15) is 0 Å². The highest BCUT2D eigenvalue weighted by molar-refractivity contribution is 6.13. The minimum Gasteiger partial charge on any atom is -0.279 e. The topological polar surface area (TPSA) is 37.4 Å². The van der Waals surface area contributed by atoms with Crippen LogP contribution in [0.15, 0.2) is 0 Å². The molecule has 1 saturated heterocycles. The van der Waals surface area contributed by atoms with Gasteiger partial charge in [0.25, 0.3) is 0 Å². The van der Waals surface area contributed by atoms with E-state index in [0.29, 0.717) is 0 Å². The van der Waals surface area contributed by atoms with E-state index >= 15 is 0 Å². The first kappa shape index (κ1) is 8.73. The van der Waals surface area contributed by atoms with Crippen LogP contribution in [0.3, 0.4) is 0 Å². The van der Waals surface area contributed by atoms with Crippen LogP contribution in [0, 0.1) is 10.8 Å². The van der Waals surface area contributed by atoms with Crippen molar-refractivity contribution in [2.24, 2.45) is 10.8 Å². The molecule has 0 aromatic rings. The van der Waals surface area contributed by atoms with Crippen molar-refractivity contribution in [3.63, 3.8) is 0 Å². The Morgan fingerprint density at radius 3 is 1.77 bits per heavy atom. The van der Waals surface area contributed by atoms with Crippen molar-refractivity contribution in [2.75, 3.05) is 0 Å². The van der Waals surface area contributed by atoms with Crippen molar-refractivity contribution < 1.29 is 9.59 Å². The van der Waals surface area contributed by atoms with Crippen molar-refractivity contribution in [3.8, 4) is 0 Å². The molecule has 72 valence electrons. The lowest BCUT2D eigenvalue weighted by Crippen LogP contribution is -2.40. The second-order valence-corrected chi connectivity index (χ2v) is 4.92. The Bertz CT molecular complexity index is 284.